The van der Waals surface area contributed by atoms with Gasteiger partial charge in [-0.1, -0.05) is 0 Å². The van der Waals surface area contributed by atoms with Crippen molar-refractivity contribution in [1.29, 1.82) is 0 Å². The molecule has 98 valence electrons. The van der Waals surface area contributed by atoms with Gasteiger partial charge in [0, 0.05) is 31.6 Å². The molecule has 0 amide bonds. The highest BCUT2D eigenvalue weighted by Gasteiger charge is 2.12. The molecule has 1 aromatic carbocycles. The molecule has 0 unspecified atom stereocenters. The molecule has 0 aliphatic carbocycles. The number of ether oxygens (including phenoxy) is 3. The smallest absolute Gasteiger partial charge is 0.130 e. The van der Waals surface area contributed by atoms with Gasteiger partial charge in [-0.2, -0.15) is 0 Å². The maximum atomic E-state index is 5.35. The Balaban J connectivity index is 2.89. The van der Waals surface area contributed by atoms with Gasteiger partial charge in [0.1, 0.15) is 17.2 Å². The second kappa shape index (κ2) is 7.46. The van der Waals surface area contributed by atoms with Gasteiger partial charge in [0.2, 0.25) is 0 Å². The van der Waals surface area contributed by atoms with E-state index in [0.29, 0.717) is 18.7 Å². The van der Waals surface area contributed by atoms with Crippen LogP contribution in [0.25, 0.3) is 0 Å². The Kier molecular flexibility index (Phi) is 5.89. The number of benzene rings is 1. The third kappa shape index (κ3) is 3.57. The van der Waals surface area contributed by atoms with Crippen LogP contribution in [-0.4, -0.2) is 27.9 Å². The van der Waals surface area contributed by atoms with Crippen LogP contribution < -0.4 is 19.5 Å². The SMILES string of the molecule is C#CCCNCc1c(OC)cc(OC)cc1OC. The summed E-state index contributed by atoms with van der Waals surface area (Å²) in [5.74, 6) is 4.76. The van der Waals surface area contributed by atoms with E-state index in [9.17, 15) is 0 Å². The van der Waals surface area contributed by atoms with E-state index in [1.807, 2.05) is 12.1 Å². The molecular weight excluding hydrogens is 230 g/mol. The number of hydrogen-bond donors (Lipinski definition) is 1. The van der Waals surface area contributed by atoms with E-state index in [-0.39, 0.29) is 0 Å². The number of methoxy groups -OCH3 is 3. The Labute approximate surface area is 108 Å². The first-order valence-corrected chi connectivity index (χ1v) is 5.69. The summed E-state index contributed by atoms with van der Waals surface area (Å²) in [4.78, 5) is 0. The van der Waals surface area contributed by atoms with Gasteiger partial charge in [0.05, 0.1) is 26.9 Å². The van der Waals surface area contributed by atoms with Crippen molar-refractivity contribution < 1.29 is 14.2 Å². The van der Waals surface area contributed by atoms with Gasteiger partial charge in [-0.3, -0.25) is 0 Å². The van der Waals surface area contributed by atoms with Crippen molar-refractivity contribution in [2.45, 2.75) is 13.0 Å². The molecule has 0 fully saturated rings. The molecule has 0 saturated carbocycles. The van der Waals surface area contributed by atoms with E-state index in [1.54, 1.807) is 21.3 Å². The summed E-state index contributed by atoms with van der Waals surface area (Å²) in [5, 5.41) is 3.25. The lowest BCUT2D eigenvalue weighted by Crippen LogP contribution is -2.15. The fraction of sp³-hybridized carbons (Fsp3) is 0.429. The maximum Gasteiger partial charge on any atom is 0.130 e. The molecule has 1 N–H and O–H groups in total. The Hall–Kier alpha value is -1.86. The van der Waals surface area contributed by atoms with Crippen LogP contribution in [0.15, 0.2) is 12.1 Å². The van der Waals surface area contributed by atoms with Crippen molar-refractivity contribution in [3.63, 3.8) is 0 Å². The summed E-state index contributed by atoms with van der Waals surface area (Å²) in [5.41, 5.74) is 0.956. The fourth-order valence-electron chi connectivity index (χ4n) is 1.63. The highest BCUT2D eigenvalue weighted by Crippen LogP contribution is 2.33. The van der Waals surface area contributed by atoms with Crippen molar-refractivity contribution in [3.8, 4) is 29.6 Å². The lowest BCUT2D eigenvalue weighted by molar-refractivity contribution is 0.366. The van der Waals surface area contributed by atoms with Crippen LogP contribution in [-0.2, 0) is 6.54 Å². The van der Waals surface area contributed by atoms with Crippen LogP contribution in [0.3, 0.4) is 0 Å². The quantitative estimate of drug-likeness (QED) is 0.591. The van der Waals surface area contributed by atoms with E-state index in [1.165, 1.54) is 0 Å². The van der Waals surface area contributed by atoms with Gasteiger partial charge >= 0.3 is 0 Å². The van der Waals surface area contributed by atoms with Crippen molar-refractivity contribution in [2.24, 2.45) is 0 Å². The van der Waals surface area contributed by atoms with Crippen LogP contribution >= 0.6 is 0 Å². The van der Waals surface area contributed by atoms with E-state index >= 15 is 0 Å². The van der Waals surface area contributed by atoms with Crippen molar-refractivity contribution in [2.75, 3.05) is 27.9 Å². The van der Waals surface area contributed by atoms with Crippen LogP contribution in [0.1, 0.15) is 12.0 Å². The summed E-state index contributed by atoms with van der Waals surface area (Å²) < 4.78 is 15.9. The molecule has 0 spiro atoms. The molecule has 0 bridgehead atoms. The highest BCUT2D eigenvalue weighted by atomic mass is 16.5. The first kappa shape index (κ1) is 14.2. The second-order valence-electron chi connectivity index (χ2n) is 3.64. The first-order valence-electron chi connectivity index (χ1n) is 5.69. The average molecular weight is 249 g/mol. The van der Waals surface area contributed by atoms with Crippen molar-refractivity contribution in [1.82, 2.24) is 5.32 Å². The summed E-state index contributed by atoms with van der Waals surface area (Å²) in [6.45, 7) is 1.40. The highest BCUT2D eigenvalue weighted by molar-refractivity contribution is 5.50. The van der Waals surface area contributed by atoms with Crippen molar-refractivity contribution >= 4 is 0 Å². The lowest BCUT2D eigenvalue weighted by Gasteiger charge is -2.15. The van der Waals surface area contributed by atoms with Gasteiger partial charge in [0.25, 0.3) is 0 Å². The van der Waals surface area contributed by atoms with Gasteiger partial charge in [-0.15, -0.1) is 12.3 Å². The Morgan fingerprint density at radius 3 is 2.17 bits per heavy atom. The zero-order valence-corrected chi connectivity index (χ0v) is 11.1. The van der Waals surface area contributed by atoms with E-state index in [4.69, 9.17) is 20.6 Å². The standard InChI is InChI=1S/C14H19NO3/c1-5-6-7-15-10-12-13(17-3)8-11(16-2)9-14(12)18-4/h1,8-9,15H,6-7,10H2,2-4H3. The molecular formula is C14H19NO3. The predicted octanol–water partition coefficient (Wildman–Crippen LogP) is 1.83. The van der Waals surface area contributed by atoms with E-state index < -0.39 is 0 Å². The average Bonchev–Trinajstić information content (AvgIpc) is 2.42. The minimum atomic E-state index is 0.637. The van der Waals surface area contributed by atoms with Crippen LogP contribution in [0.5, 0.6) is 17.2 Å². The van der Waals surface area contributed by atoms with Crippen LogP contribution in [0.4, 0.5) is 0 Å². The number of nitrogens with one attached hydrogen (secondary N) is 1. The molecule has 0 atom stereocenters. The predicted molar refractivity (Wildman–Crippen MR) is 71.3 cm³/mol. The zero-order chi connectivity index (χ0) is 13.4. The number of hydrogen-bond acceptors (Lipinski definition) is 4. The van der Waals surface area contributed by atoms with Gasteiger partial charge in [-0.05, 0) is 0 Å². The Morgan fingerprint density at radius 2 is 1.72 bits per heavy atom. The molecule has 1 aromatic rings. The van der Waals surface area contributed by atoms with Crippen LogP contribution in [0, 0.1) is 12.3 Å². The molecule has 4 nitrogen and oxygen atoms in total. The van der Waals surface area contributed by atoms with Gasteiger partial charge < -0.3 is 19.5 Å². The topological polar surface area (TPSA) is 39.7 Å². The summed E-state index contributed by atoms with van der Waals surface area (Å²) in [6.07, 6.45) is 5.90. The minimum Gasteiger partial charge on any atom is -0.496 e. The summed E-state index contributed by atoms with van der Waals surface area (Å²) in [7, 11) is 4.86. The molecule has 18 heavy (non-hydrogen) atoms. The molecule has 0 saturated heterocycles. The lowest BCUT2D eigenvalue weighted by atomic mass is 10.1. The minimum absolute atomic E-state index is 0.637. The molecule has 4 heteroatoms. The third-order valence-corrected chi connectivity index (χ3v) is 2.56. The molecule has 0 heterocycles. The van der Waals surface area contributed by atoms with Gasteiger partial charge in [0.15, 0.2) is 0 Å². The normalized spacial score (nSPS) is 9.67. The van der Waals surface area contributed by atoms with E-state index in [2.05, 4.69) is 11.2 Å². The van der Waals surface area contributed by atoms with Gasteiger partial charge in [-0.25, -0.2) is 0 Å². The number of terminal acetylenes is 1. The molecule has 0 aromatic heterocycles. The van der Waals surface area contributed by atoms with E-state index in [0.717, 1.165) is 23.6 Å². The molecule has 0 aliphatic rings. The third-order valence-electron chi connectivity index (χ3n) is 2.56. The maximum absolute atomic E-state index is 5.35. The fourth-order valence-corrected chi connectivity index (χ4v) is 1.63. The second-order valence-corrected chi connectivity index (χ2v) is 3.64. The summed E-state index contributed by atoms with van der Waals surface area (Å²) >= 11 is 0. The molecule has 0 radical (unpaired) electrons. The molecule has 1 rings (SSSR count). The first-order chi connectivity index (χ1) is 8.76. The number of rotatable bonds is 7. The largest absolute Gasteiger partial charge is 0.496 e. The van der Waals surface area contributed by atoms with Crippen LogP contribution in [0.2, 0.25) is 0 Å². The Bertz CT molecular complexity index is 399. The van der Waals surface area contributed by atoms with Crippen molar-refractivity contribution in [3.05, 3.63) is 17.7 Å². The zero-order valence-electron chi connectivity index (χ0n) is 11.1. The monoisotopic (exact) mass is 249 g/mol. The Morgan fingerprint density at radius 1 is 1.11 bits per heavy atom. The molecule has 0 aliphatic heterocycles. The summed E-state index contributed by atoms with van der Waals surface area (Å²) in [6, 6.07) is 3.67.